The van der Waals surface area contributed by atoms with Gasteiger partial charge in [0, 0.05) is 25.4 Å². The Balaban J connectivity index is 0. The number of nitrogens with one attached hydrogen (secondary N) is 1. The van der Waals surface area contributed by atoms with Gasteiger partial charge in [0.15, 0.2) is 5.72 Å². The first kappa shape index (κ1) is 43.5. The summed E-state index contributed by atoms with van der Waals surface area (Å²) in [6.45, 7) is 14.1. The third-order valence-corrected chi connectivity index (χ3v) is 6.90. The largest absolute Gasteiger partial charge is 0.443 e. The predicted octanol–water partition coefficient (Wildman–Crippen LogP) is 8.68. The first-order chi connectivity index (χ1) is 21.9. The number of Topliss-reactive ketones (excluding diaryl/α,β-unsaturated/α-hetero) is 1. The molecule has 6 nitrogen and oxygen atoms in total. The van der Waals surface area contributed by atoms with Gasteiger partial charge < -0.3 is 14.6 Å². The van der Waals surface area contributed by atoms with Crippen LogP contribution in [0.1, 0.15) is 109 Å². The number of ether oxygens (including phenoxy) is 1. The van der Waals surface area contributed by atoms with Crippen LogP contribution in [0, 0.1) is 0 Å². The zero-order valence-corrected chi connectivity index (χ0v) is 29.2. The highest BCUT2D eigenvalue weighted by molar-refractivity contribution is 5.87. The van der Waals surface area contributed by atoms with E-state index in [9.17, 15) is 14.4 Å². The molecule has 0 saturated carbocycles. The number of aliphatic hydroxyl groups is 1. The lowest BCUT2D eigenvalue weighted by Crippen LogP contribution is -2.49. The van der Waals surface area contributed by atoms with E-state index in [2.05, 4.69) is 5.32 Å². The van der Waals surface area contributed by atoms with Crippen LogP contribution in [0.2, 0.25) is 0 Å². The lowest BCUT2D eigenvalue weighted by atomic mass is 9.87. The van der Waals surface area contributed by atoms with Gasteiger partial charge in [0.2, 0.25) is 0 Å². The smallest absolute Gasteiger partial charge is 0.312 e. The zero-order valence-electron chi connectivity index (χ0n) is 29.2. The van der Waals surface area contributed by atoms with Crippen LogP contribution in [0.15, 0.2) is 91.0 Å². The quantitative estimate of drug-likeness (QED) is 0.106. The molecule has 2 unspecified atom stereocenters. The number of aldehydes is 1. The SMILES string of the molecule is CC.CC.CCC(C=O)c1ccccc1.CCCC(CC(=O)[C@H](CC)c1ccccc1)(NC)OC(=O)Cc1ccccc1.CO. The van der Waals surface area contributed by atoms with Gasteiger partial charge in [0.1, 0.15) is 12.1 Å². The minimum Gasteiger partial charge on any atom is -0.443 e. The van der Waals surface area contributed by atoms with Crippen LogP contribution in [0.4, 0.5) is 0 Å². The molecule has 0 amide bonds. The molecular formula is C39H59NO5. The van der Waals surface area contributed by atoms with E-state index in [0.29, 0.717) is 12.8 Å². The van der Waals surface area contributed by atoms with Crippen LogP contribution in [0.3, 0.4) is 0 Å². The predicted molar refractivity (Wildman–Crippen MR) is 188 cm³/mol. The van der Waals surface area contributed by atoms with Gasteiger partial charge in [-0.25, -0.2) is 0 Å². The van der Waals surface area contributed by atoms with Crippen LogP contribution in [-0.2, 0) is 25.5 Å². The molecule has 0 radical (unpaired) electrons. The summed E-state index contributed by atoms with van der Waals surface area (Å²) in [5, 5.41) is 10.1. The van der Waals surface area contributed by atoms with Crippen molar-refractivity contribution in [2.45, 2.75) is 105 Å². The highest BCUT2D eigenvalue weighted by Gasteiger charge is 2.36. The van der Waals surface area contributed by atoms with Crippen LogP contribution in [0.5, 0.6) is 0 Å². The van der Waals surface area contributed by atoms with Crippen LogP contribution in [0.25, 0.3) is 0 Å². The van der Waals surface area contributed by atoms with E-state index < -0.39 is 5.72 Å². The number of hydrogen-bond donors (Lipinski definition) is 2. The summed E-state index contributed by atoms with van der Waals surface area (Å²) >= 11 is 0. The second-order valence-corrected chi connectivity index (χ2v) is 9.71. The summed E-state index contributed by atoms with van der Waals surface area (Å²) in [7, 11) is 2.75. The number of hydrogen-bond acceptors (Lipinski definition) is 6. The van der Waals surface area contributed by atoms with Crippen molar-refractivity contribution in [3.8, 4) is 0 Å². The van der Waals surface area contributed by atoms with E-state index in [-0.39, 0.29) is 36.4 Å². The van der Waals surface area contributed by atoms with Crippen molar-refractivity contribution in [1.82, 2.24) is 5.32 Å². The van der Waals surface area contributed by atoms with Crippen LogP contribution in [-0.4, -0.2) is 43.0 Å². The molecule has 0 aliphatic carbocycles. The molecule has 0 fully saturated rings. The average Bonchev–Trinajstić information content (AvgIpc) is 3.10. The molecule has 0 spiro atoms. The number of carbonyl (C=O) groups is 3. The minimum atomic E-state index is -0.972. The number of carbonyl (C=O) groups excluding carboxylic acids is 3. The Morgan fingerprint density at radius 3 is 1.64 bits per heavy atom. The lowest BCUT2D eigenvalue weighted by Gasteiger charge is -2.33. The number of ketones is 1. The van der Waals surface area contributed by atoms with Gasteiger partial charge in [0.05, 0.1) is 12.8 Å². The van der Waals surface area contributed by atoms with E-state index >= 15 is 0 Å². The molecule has 0 aliphatic heterocycles. The summed E-state index contributed by atoms with van der Waals surface area (Å²) < 4.78 is 5.86. The molecule has 0 heterocycles. The molecule has 250 valence electrons. The maximum atomic E-state index is 13.1. The van der Waals surface area contributed by atoms with E-state index in [1.165, 1.54) is 0 Å². The standard InChI is InChI=1S/C24H31NO3.C10H12O.2C2H6.CH4O/c1-4-16-24(25-3,28-23(27)17-19-12-8-6-9-13-19)18-22(26)21(5-2)20-14-10-7-11-15-20;1-2-9(8-11)10-6-4-3-5-7-10;3*1-2/h6-15,21,25H,4-5,16-18H2,1-3H3;3-9H,2H2,1H3;2*1-2H3;2H,1H3/t21-,24?;;;;/m1..../s1. The fourth-order valence-corrected chi connectivity index (χ4v) is 4.71. The molecule has 2 N–H and O–H groups in total. The molecule has 3 aromatic carbocycles. The van der Waals surface area contributed by atoms with Crippen molar-refractivity contribution >= 4 is 18.0 Å². The van der Waals surface area contributed by atoms with Gasteiger partial charge in [-0.15, -0.1) is 0 Å². The van der Waals surface area contributed by atoms with E-state index in [0.717, 1.165) is 42.9 Å². The molecule has 3 rings (SSSR count). The number of aliphatic hydroxyl groups excluding tert-OH is 1. The minimum absolute atomic E-state index is 0.0798. The van der Waals surface area contributed by atoms with E-state index in [1.54, 1.807) is 7.05 Å². The second kappa shape index (κ2) is 27.9. The monoisotopic (exact) mass is 621 g/mol. The van der Waals surface area contributed by atoms with Crippen molar-refractivity contribution in [2.75, 3.05) is 14.2 Å². The van der Waals surface area contributed by atoms with E-state index in [4.69, 9.17) is 9.84 Å². The Morgan fingerprint density at radius 1 is 0.778 bits per heavy atom. The number of benzene rings is 3. The second-order valence-electron chi connectivity index (χ2n) is 9.71. The molecule has 3 atom stereocenters. The van der Waals surface area contributed by atoms with Crippen molar-refractivity contribution in [1.29, 1.82) is 0 Å². The molecule has 0 aliphatic rings. The zero-order chi connectivity index (χ0) is 34.5. The van der Waals surface area contributed by atoms with Crippen LogP contribution >= 0.6 is 0 Å². The summed E-state index contributed by atoms with van der Waals surface area (Å²) in [6, 6.07) is 29.2. The van der Waals surface area contributed by atoms with Crippen molar-refractivity contribution < 1.29 is 24.2 Å². The summed E-state index contributed by atoms with van der Waals surface area (Å²) in [4.78, 5) is 36.2. The molecule has 0 bridgehead atoms. The summed E-state index contributed by atoms with van der Waals surface area (Å²) in [5.41, 5.74) is 2.05. The van der Waals surface area contributed by atoms with Gasteiger partial charge in [-0.1, -0.05) is 146 Å². The average molecular weight is 622 g/mol. The van der Waals surface area contributed by atoms with Gasteiger partial charge in [-0.3, -0.25) is 14.9 Å². The van der Waals surface area contributed by atoms with Crippen LogP contribution < -0.4 is 5.32 Å². The molecular weight excluding hydrogens is 562 g/mol. The van der Waals surface area contributed by atoms with Crippen molar-refractivity contribution in [3.05, 3.63) is 108 Å². The molecule has 6 heteroatoms. The third-order valence-electron chi connectivity index (χ3n) is 6.90. The summed E-state index contributed by atoms with van der Waals surface area (Å²) in [6.07, 6.45) is 4.34. The molecule has 0 aromatic heterocycles. The Labute approximate surface area is 273 Å². The van der Waals surface area contributed by atoms with Crippen molar-refractivity contribution in [2.24, 2.45) is 0 Å². The molecule has 45 heavy (non-hydrogen) atoms. The van der Waals surface area contributed by atoms with Gasteiger partial charge >= 0.3 is 5.97 Å². The normalized spacial score (nSPS) is 12.2. The lowest BCUT2D eigenvalue weighted by molar-refractivity contribution is -0.165. The van der Waals surface area contributed by atoms with Gasteiger partial charge in [-0.05, 0) is 36.6 Å². The van der Waals surface area contributed by atoms with Gasteiger partial charge in [0.25, 0.3) is 0 Å². The third kappa shape index (κ3) is 16.9. The number of esters is 1. The first-order valence-corrected chi connectivity index (χ1v) is 16.4. The highest BCUT2D eigenvalue weighted by atomic mass is 16.6. The topological polar surface area (TPSA) is 92.7 Å². The maximum absolute atomic E-state index is 13.1. The van der Waals surface area contributed by atoms with Crippen molar-refractivity contribution in [3.63, 3.8) is 0 Å². The fourth-order valence-electron chi connectivity index (χ4n) is 4.71. The fraction of sp³-hybridized carbons (Fsp3) is 0.462. The van der Waals surface area contributed by atoms with E-state index in [1.807, 2.05) is 139 Å². The Morgan fingerprint density at radius 2 is 1.24 bits per heavy atom. The molecule has 3 aromatic rings. The molecule has 0 saturated heterocycles. The maximum Gasteiger partial charge on any atom is 0.312 e. The Bertz CT molecular complexity index is 1120. The highest BCUT2D eigenvalue weighted by Crippen LogP contribution is 2.28. The Hall–Kier alpha value is -3.61. The summed E-state index contributed by atoms with van der Waals surface area (Å²) in [5.74, 6) is -0.353. The Kier molecular flexibility index (Phi) is 27.0. The first-order valence-electron chi connectivity index (χ1n) is 16.4. The van der Waals surface area contributed by atoms with Gasteiger partial charge in [-0.2, -0.15) is 0 Å². The number of rotatable bonds is 14.